The van der Waals surface area contributed by atoms with Gasteiger partial charge in [-0.1, -0.05) is 15.9 Å². The first kappa shape index (κ1) is 13.9. The number of ether oxygens (including phenoxy) is 2. The molecule has 1 unspecified atom stereocenters. The lowest BCUT2D eigenvalue weighted by molar-refractivity contribution is -0.0846. The van der Waals surface area contributed by atoms with Crippen molar-refractivity contribution in [2.45, 2.75) is 58.3 Å². The third kappa shape index (κ3) is 2.89. The van der Waals surface area contributed by atoms with Crippen molar-refractivity contribution >= 4 is 15.9 Å². The lowest BCUT2D eigenvalue weighted by atomic mass is 9.97. The zero-order valence-corrected chi connectivity index (χ0v) is 13.3. The minimum absolute atomic E-state index is 0.0902. The molecule has 1 saturated heterocycles. The normalized spacial score (nSPS) is 25.1. The Kier molecular flexibility index (Phi) is 3.50. The molecule has 3 heteroatoms. The SMILES string of the molecule is Cc1cc(Br)ccc1OC1CC(C)(C)OC1(C)C. The Morgan fingerprint density at radius 1 is 1.28 bits per heavy atom. The Morgan fingerprint density at radius 2 is 1.94 bits per heavy atom. The van der Waals surface area contributed by atoms with E-state index in [1.54, 1.807) is 0 Å². The Labute approximate surface area is 118 Å². The van der Waals surface area contributed by atoms with Gasteiger partial charge in [-0.15, -0.1) is 0 Å². The highest BCUT2D eigenvalue weighted by Crippen LogP contribution is 2.40. The fraction of sp³-hybridized carbons (Fsp3) is 0.600. The van der Waals surface area contributed by atoms with Crippen LogP contribution in [0.2, 0.25) is 0 Å². The average molecular weight is 313 g/mol. The van der Waals surface area contributed by atoms with Gasteiger partial charge in [0, 0.05) is 10.9 Å². The van der Waals surface area contributed by atoms with Crippen molar-refractivity contribution in [2.24, 2.45) is 0 Å². The molecule has 0 aromatic heterocycles. The maximum Gasteiger partial charge on any atom is 0.130 e. The molecule has 0 N–H and O–H groups in total. The predicted molar refractivity (Wildman–Crippen MR) is 77.2 cm³/mol. The van der Waals surface area contributed by atoms with Gasteiger partial charge in [-0.3, -0.25) is 0 Å². The van der Waals surface area contributed by atoms with Crippen molar-refractivity contribution in [2.75, 3.05) is 0 Å². The van der Waals surface area contributed by atoms with Crippen LogP contribution in [-0.2, 0) is 4.74 Å². The molecule has 2 rings (SSSR count). The van der Waals surface area contributed by atoms with Crippen LogP contribution >= 0.6 is 15.9 Å². The van der Waals surface area contributed by atoms with E-state index in [0.29, 0.717) is 0 Å². The summed E-state index contributed by atoms with van der Waals surface area (Å²) in [7, 11) is 0. The minimum Gasteiger partial charge on any atom is -0.487 e. The molecule has 0 bridgehead atoms. The number of aryl methyl sites for hydroxylation is 1. The predicted octanol–water partition coefficient (Wildman–Crippen LogP) is 4.48. The number of benzene rings is 1. The second-order valence-corrected chi connectivity index (χ2v) is 7.10. The van der Waals surface area contributed by atoms with Gasteiger partial charge in [-0.2, -0.15) is 0 Å². The van der Waals surface area contributed by atoms with E-state index in [4.69, 9.17) is 9.47 Å². The van der Waals surface area contributed by atoms with Gasteiger partial charge in [0.05, 0.1) is 5.60 Å². The van der Waals surface area contributed by atoms with E-state index in [1.165, 1.54) is 0 Å². The smallest absolute Gasteiger partial charge is 0.130 e. The zero-order chi connectivity index (χ0) is 13.6. The molecule has 1 fully saturated rings. The van der Waals surface area contributed by atoms with Crippen molar-refractivity contribution in [1.29, 1.82) is 0 Å². The lowest BCUT2D eigenvalue weighted by Crippen LogP contribution is -2.36. The molecule has 0 saturated carbocycles. The molecule has 0 amide bonds. The van der Waals surface area contributed by atoms with E-state index in [9.17, 15) is 0 Å². The second kappa shape index (κ2) is 4.53. The van der Waals surface area contributed by atoms with Gasteiger partial charge in [0.1, 0.15) is 17.5 Å². The van der Waals surface area contributed by atoms with E-state index in [0.717, 1.165) is 22.2 Å². The molecule has 1 aliphatic rings. The van der Waals surface area contributed by atoms with Gasteiger partial charge in [-0.25, -0.2) is 0 Å². The van der Waals surface area contributed by atoms with E-state index in [-0.39, 0.29) is 17.3 Å². The van der Waals surface area contributed by atoms with Crippen molar-refractivity contribution < 1.29 is 9.47 Å². The Bertz CT molecular complexity index is 452. The van der Waals surface area contributed by atoms with Crippen molar-refractivity contribution in [1.82, 2.24) is 0 Å². The molecule has 0 spiro atoms. The molecule has 1 aromatic carbocycles. The summed E-state index contributed by atoms with van der Waals surface area (Å²) in [6.07, 6.45) is 1.00. The standard InChI is InChI=1S/C15H21BrO2/c1-10-8-11(16)6-7-12(10)17-13-9-14(2,3)18-15(13,4)5/h6-8,13H,9H2,1-5H3. The topological polar surface area (TPSA) is 18.5 Å². The van der Waals surface area contributed by atoms with E-state index >= 15 is 0 Å². The largest absolute Gasteiger partial charge is 0.487 e. The van der Waals surface area contributed by atoms with Gasteiger partial charge < -0.3 is 9.47 Å². The molecule has 1 heterocycles. The van der Waals surface area contributed by atoms with E-state index in [1.807, 2.05) is 12.1 Å². The summed E-state index contributed by atoms with van der Waals surface area (Å²) >= 11 is 3.47. The molecule has 0 radical (unpaired) electrons. The summed E-state index contributed by atoms with van der Waals surface area (Å²) in [5, 5.41) is 0. The number of hydrogen-bond donors (Lipinski definition) is 0. The molecular weight excluding hydrogens is 292 g/mol. The Hall–Kier alpha value is -0.540. The minimum atomic E-state index is -0.247. The molecule has 0 aliphatic carbocycles. The maximum atomic E-state index is 6.17. The van der Waals surface area contributed by atoms with Gasteiger partial charge in [0.15, 0.2) is 0 Å². The molecule has 2 nitrogen and oxygen atoms in total. The third-order valence-corrected chi connectivity index (χ3v) is 3.89. The monoisotopic (exact) mass is 312 g/mol. The lowest BCUT2D eigenvalue weighted by Gasteiger charge is -2.27. The summed E-state index contributed by atoms with van der Waals surface area (Å²) in [6.45, 7) is 10.5. The first-order chi connectivity index (χ1) is 8.20. The maximum absolute atomic E-state index is 6.17. The number of hydrogen-bond acceptors (Lipinski definition) is 2. The summed E-state index contributed by atoms with van der Waals surface area (Å²) in [6, 6.07) is 6.10. The fourth-order valence-corrected chi connectivity index (χ4v) is 3.07. The van der Waals surface area contributed by atoms with Gasteiger partial charge in [-0.05, 0) is 58.4 Å². The van der Waals surface area contributed by atoms with Crippen LogP contribution in [0.15, 0.2) is 22.7 Å². The highest BCUT2D eigenvalue weighted by molar-refractivity contribution is 9.10. The van der Waals surface area contributed by atoms with E-state index in [2.05, 4.69) is 56.6 Å². The van der Waals surface area contributed by atoms with Crippen LogP contribution < -0.4 is 4.74 Å². The highest BCUT2D eigenvalue weighted by atomic mass is 79.9. The first-order valence-electron chi connectivity index (χ1n) is 6.33. The average Bonchev–Trinajstić information content (AvgIpc) is 2.39. The number of halogens is 1. The van der Waals surface area contributed by atoms with Crippen LogP contribution in [0, 0.1) is 6.92 Å². The Balaban J connectivity index is 2.19. The van der Waals surface area contributed by atoms with Crippen LogP contribution in [0.4, 0.5) is 0 Å². The van der Waals surface area contributed by atoms with Crippen LogP contribution in [0.3, 0.4) is 0 Å². The fourth-order valence-electron chi connectivity index (χ4n) is 2.59. The highest BCUT2D eigenvalue weighted by Gasteiger charge is 2.47. The third-order valence-electron chi connectivity index (χ3n) is 3.40. The van der Waals surface area contributed by atoms with Crippen molar-refractivity contribution in [3.8, 4) is 5.75 Å². The summed E-state index contributed by atoms with van der Waals surface area (Å²) in [5.74, 6) is 0.942. The molecule has 18 heavy (non-hydrogen) atoms. The van der Waals surface area contributed by atoms with Crippen LogP contribution in [-0.4, -0.2) is 17.3 Å². The van der Waals surface area contributed by atoms with Crippen molar-refractivity contribution in [3.05, 3.63) is 28.2 Å². The molecule has 1 aliphatic heterocycles. The van der Waals surface area contributed by atoms with Crippen LogP contribution in [0.1, 0.15) is 39.7 Å². The van der Waals surface area contributed by atoms with Gasteiger partial charge in [0.25, 0.3) is 0 Å². The summed E-state index contributed by atoms with van der Waals surface area (Å²) in [5.41, 5.74) is 0.783. The zero-order valence-electron chi connectivity index (χ0n) is 11.7. The summed E-state index contributed by atoms with van der Waals surface area (Å²) in [4.78, 5) is 0. The van der Waals surface area contributed by atoms with Crippen molar-refractivity contribution in [3.63, 3.8) is 0 Å². The second-order valence-electron chi connectivity index (χ2n) is 6.19. The first-order valence-corrected chi connectivity index (χ1v) is 7.12. The van der Waals surface area contributed by atoms with Gasteiger partial charge >= 0.3 is 0 Å². The quantitative estimate of drug-likeness (QED) is 0.801. The number of rotatable bonds is 2. The summed E-state index contributed by atoms with van der Waals surface area (Å²) < 4.78 is 13.3. The molecule has 1 aromatic rings. The molecule has 100 valence electrons. The van der Waals surface area contributed by atoms with Crippen LogP contribution in [0.25, 0.3) is 0 Å². The van der Waals surface area contributed by atoms with Crippen LogP contribution in [0.5, 0.6) is 5.75 Å². The Morgan fingerprint density at radius 3 is 2.44 bits per heavy atom. The van der Waals surface area contributed by atoms with E-state index < -0.39 is 0 Å². The molecule has 1 atom stereocenters. The van der Waals surface area contributed by atoms with Gasteiger partial charge in [0.2, 0.25) is 0 Å². The molecular formula is C15H21BrO2.